The van der Waals surface area contributed by atoms with Crippen LogP contribution in [-0.4, -0.2) is 11.8 Å². The van der Waals surface area contributed by atoms with E-state index in [1.54, 1.807) is 0 Å². The van der Waals surface area contributed by atoms with Crippen LogP contribution in [0.1, 0.15) is 47.1 Å². The van der Waals surface area contributed by atoms with Gasteiger partial charge in [-0.3, -0.25) is 9.59 Å². The lowest BCUT2D eigenvalue weighted by Gasteiger charge is -2.15. The highest BCUT2D eigenvalue weighted by Crippen LogP contribution is 2.19. The van der Waals surface area contributed by atoms with Crippen LogP contribution >= 0.6 is 11.3 Å². The predicted octanol–water partition coefficient (Wildman–Crippen LogP) is 3.90. The highest BCUT2D eigenvalue weighted by molar-refractivity contribution is 7.12. The molecule has 2 N–H and O–H groups in total. The molecule has 1 unspecified atom stereocenters. The van der Waals surface area contributed by atoms with Gasteiger partial charge in [0.2, 0.25) is 5.91 Å². The van der Waals surface area contributed by atoms with Gasteiger partial charge in [-0.05, 0) is 48.6 Å². The largest absolute Gasteiger partial charge is 0.345 e. The Bertz CT molecular complexity index is 662. The first kappa shape index (κ1) is 16.2. The molecule has 0 aliphatic rings. The third-order valence-corrected chi connectivity index (χ3v) is 4.45. The standard InChI is InChI=1S/C17H20N2O2S/c1-4-15(20)19-14-7-5-13(6-8-14)12(3)18-17(21)16-11(2)9-10-22-16/h5-10,12H,4H2,1-3H3,(H,18,21)(H,19,20). The summed E-state index contributed by atoms with van der Waals surface area (Å²) < 4.78 is 0. The lowest BCUT2D eigenvalue weighted by Crippen LogP contribution is -2.26. The highest BCUT2D eigenvalue weighted by Gasteiger charge is 2.14. The van der Waals surface area contributed by atoms with Crippen molar-refractivity contribution in [1.29, 1.82) is 0 Å². The molecule has 0 bridgehead atoms. The van der Waals surface area contributed by atoms with Crippen LogP contribution in [0.15, 0.2) is 35.7 Å². The molecule has 1 atom stereocenters. The van der Waals surface area contributed by atoms with Crippen LogP contribution < -0.4 is 10.6 Å². The minimum absolute atomic E-state index is 0.0118. The number of nitrogens with one attached hydrogen (secondary N) is 2. The SMILES string of the molecule is CCC(=O)Nc1ccc(C(C)NC(=O)c2sccc2C)cc1. The number of aryl methyl sites for hydroxylation is 1. The van der Waals surface area contributed by atoms with Gasteiger partial charge in [0.15, 0.2) is 0 Å². The average molecular weight is 316 g/mol. The van der Waals surface area contributed by atoms with Gasteiger partial charge >= 0.3 is 0 Å². The molecule has 0 spiro atoms. The van der Waals surface area contributed by atoms with E-state index >= 15 is 0 Å². The second-order valence-electron chi connectivity index (χ2n) is 5.15. The maximum absolute atomic E-state index is 12.2. The van der Waals surface area contributed by atoms with E-state index in [0.29, 0.717) is 6.42 Å². The topological polar surface area (TPSA) is 58.2 Å². The summed E-state index contributed by atoms with van der Waals surface area (Å²) in [5.41, 5.74) is 2.76. The van der Waals surface area contributed by atoms with Crippen molar-refractivity contribution in [2.45, 2.75) is 33.2 Å². The summed E-state index contributed by atoms with van der Waals surface area (Å²) in [6, 6.07) is 9.37. The number of amides is 2. The Kier molecular flexibility index (Phi) is 5.33. The summed E-state index contributed by atoms with van der Waals surface area (Å²) in [6.45, 7) is 5.69. The zero-order chi connectivity index (χ0) is 16.1. The average Bonchev–Trinajstić information content (AvgIpc) is 2.94. The number of hydrogen-bond donors (Lipinski definition) is 2. The second kappa shape index (κ2) is 7.22. The van der Waals surface area contributed by atoms with Crippen molar-refractivity contribution in [1.82, 2.24) is 5.32 Å². The van der Waals surface area contributed by atoms with Crippen molar-refractivity contribution in [3.05, 3.63) is 51.7 Å². The molecule has 5 heteroatoms. The minimum Gasteiger partial charge on any atom is -0.345 e. The summed E-state index contributed by atoms with van der Waals surface area (Å²) >= 11 is 1.45. The van der Waals surface area contributed by atoms with Crippen molar-refractivity contribution in [3.63, 3.8) is 0 Å². The van der Waals surface area contributed by atoms with Gasteiger partial charge < -0.3 is 10.6 Å². The van der Waals surface area contributed by atoms with Crippen molar-refractivity contribution >= 4 is 28.8 Å². The lowest BCUT2D eigenvalue weighted by atomic mass is 10.1. The molecule has 1 aromatic heterocycles. The Morgan fingerprint density at radius 2 is 1.86 bits per heavy atom. The monoisotopic (exact) mass is 316 g/mol. The van der Waals surface area contributed by atoms with E-state index in [9.17, 15) is 9.59 Å². The Morgan fingerprint density at radius 3 is 2.41 bits per heavy atom. The Balaban J connectivity index is 2.01. The predicted molar refractivity (Wildman–Crippen MR) is 90.3 cm³/mol. The van der Waals surface area contributed by atoms with Crippen LogP contribution in [0.3, 0.4) is 0 Å². The maximum atomic E-state index is 12.2. The van der Waals surface area contributed by atoms with Crippen molar-refractivity contribution in [2.24, 2.45) is 0 Å². The smallest absolute Gasteiger partial charge is 0.262 e. The molecular formula is C17H20N2O2S. The molecule has 2 amide bonds. The fourth-order valence-corrected chi connectivity index (χ4v) is 2.88. The summed E-state index contributed by atoms with van der Waals surface area (Å²) in [4.78, 5) is 24.3. The van der Waals surface area contributed by atoms with Gasteiger partial charge in [-0.1, -0.05) is 19.1 Å². The first-order valence-corrected chi connectivity index (χ1v) is 8.14. The lowest BCUT2D eigenvalue weighted by molar-refractivity contribution is -0.115. The minimum atomic E-state index is -0.0927. The third kappa shape index (κ3) is 3.95. The number of anilines is 1. The summed E-state index contributed by atoms with van der Waals surface area (Å²) in [5, 5.41) is 7.72. The van der Waals surface area contributed by atoms with Gasteiger partial charge in [-0.2, -0.15) is 0 Å². The fraction of sp³-hybridized carbons (Fsp3) is 0.294. The molecule has 0 saturated carbocycles. The normalized spacial score (nSPS) is 11.8. The van der Waals surface area contributed by atoms with Crippen LogP contribution in [0.4, 0.5) is 5.69 Å². The summed E-state index contributed by atoms with van der Waals surface area (Å²) in [7, 11) is 0. The molecule has 4 nitrogen and oxygen atoms in total. The molecular weight excluding hydrogens is 296 g/mol. The van der Waals surface area contributed by atoms with Gasteiger partial charge in [0, 0.05) is 12.1 Å². The highest BCUT2D eigenvalue weighted by atomic mass is 32.1. The molecule has 2 rings (SSSR count). The number of carbonyl (C=O) groups excluding carboxylic acids is 2. The first-order chi connectivity index (χ1) is 10.5. The molecule has 0 radical (unpaired) electrons. The van der Waals surface area contributed by atoms with Gasteiger partial charge in [-0.15, -0.1) is 11.3 Å². The van der Waals surface area contributed by atoms with Gasteiger partial charge in [0.05, 0.1) is 10.9 Å². The molecule has 22 heavy (non-hydrogen) atoms. The Hall–Kier alpha value is -2.14. The van der Waals surface area contributed by atoms with Crippen LogP contribution in [0.5, 0.6) is 0 Å². The molecule has 2 aromatic rings. The van der Waals surface area contributed by atoms with E-state index in [4.69, 9.17) is 0 Å². The van der Waals surface area contributed by atoms with E-state index in [1.807, 2.05) is 56.5 Å². The van der Waals surface area contributed by atoms with E-state index in [0.717, 1.165) is 21.7 Å². The fourth-order valence-electron chi connectivity index (χ4n) is 2.06. The molecule has 1 aromatic carbocycles. The van der Waals surface area contributed by atoms with E-state index in [2.05, 4.69) is 10.6 Å². The third-order valence-electron chi connectivity index (χ3n) is 3.43. The Labute approximate surface area is 134 Å². The van der Waals surface area contributed by atoms with Crippen LogP contribution in [0, 0.1) is 6.92 Å². The zero-order valence-corrected chi connectivity index (χ0v) is 13.8. The number of thiophene rings is 1. The van der Waals surface area contributed by atoms with E-state index < -0.39 is 0 Å². The number of hydrogen-bond acceptors (Lipinski definition) is 3. The number of benzene rings is 1. The summed E-state index contributed by atoms with van der Waals surface area (Å²) in [5.74, 6) is -0.0642. The first-order valence-electron chi connectivity index (χ1n) is 7.26. The van der Waals surface area contributed by atoms with Gasteiger partial charge in [0.1, 0.15) is 0 Å². The Morgan fingerprint density at radius 1 is 1.18 bits per heavy atom. The molecule has 0 saturated heterocycles. The molecule has 1 heterocycles. The summed E-state index contributed by atoms with van der Waals surface area (Å²) in [6.07, 6.45) is 0.453. The molecule has 0 aliphatic heterocycles. The van der Waals surface area contributed by atoms with Gasteiger partial charge in [0.25, 0.3) is 5.91 Å². The van der Waals surface area contributed by atoms with E-state index in [-0.39, 0.29) is 17.9 Å². The molecule has 116 valence electrons. The number of carbonyl (C=O) groups is 2. The second-order valence-corrected chi connectivity index (χ2v) is 6.07. The zero-order valence-electron chi connectivity index (χ0n) is 13.0. The van der Waals surface area contributed by atoms with Crippen molar-refractivity contribution in [2.75, 3.05) is 5.32 Å². The van der Waals surface area contributed by atoms with Crippen LogP contribution in [-0.2, 0) is 4.79 Å². The van der Waals surface area contributed by atoms with Crippen molar-refractivity contribution in [3.8, 4) is 0 Å². The maximum Gasteiger partial charge on any atom is 0.262 e. The number of rotatable bonds is 5. The van der Waals surface area contributed by atoms with Crippen LogP contribution in [0.2, 0.25) is 0 Å². The van der Waals surface area contributed by atoms with Gasteiger partial charge in [-0.25, -0.2) is 0 Å². The van der Waals surface area contributed by atoms with Crippen molar-refractivity contribution < 1.29 is 9.59 Å². The van der Waals surface area contributed by atoms with E-state index in [1.165, 1.54) is 11.3 Å². The molecule has 0 fully saturated rings. The quantitative estimate of drug-likeness (QED) is 0.879. The molecule has 0 aliphatic carbocycles. The van der Waals surface area contributed by atoms with Crippen LogP contribution in [0.25, 0.3) is 0 Å².